The van der Waals surface area contributed by atoms with Crippen LogP contribution >= 0.6 is 22.9 Å². The average Bonchev–Trinajstić information content (AvgIpc) is 3.60. The van der Waals surface area contributed by atoms with Crippen LogP contribution in [0.4, 0.5) is 5.13 Å². The number of aliphatic imine (C=N–C) groups is 1. The Morgan fingerprint density at radius 1 is 1.27 bits per heavy atom. The van der Waals surface area contributed by atoms with Gasteiger partial charge in [0.25, 0.3) is 17.9 Å². The van der Waals surface area contributed by atoms with Crippen molar-refractivity contribution in [2.45, 2.75) is 63.3 Å². The van der Waals surface area contributed by atoms with Crippen molar-refractivity contribution in [3.05, 3.63) is 39.9 Å². The number of amidine groups is 1. The van der Waals surface area contributed by atoms with Crippen molar-refractivity contribution in [3.63, 3.8) is 0 Å². The van der Waals surface area contributed by atoms with E-state index in [1.165, 1.54) is 13.8 Å². The molecule has 2 aliphatic rings. The van der Waals surface area contributed by atoms with Crippen LogP contribution in [-0.4, -0.2) is 87.8 Å². The molecule has 1 saturated carbocycles. The highest BCUT2D eigenvalue weighted by Gasteiger charge is 2.58. The van der Waals surface area contributed by atoms with Gasteiger partial charge in [0.2, 0.25) is 0 Å². The molecule has 1 aliphatic carbocycles. The number of nitrogens with one attached hydrogen (secondary N) is 1. The zero-order chi connectivity index (χ0) is 33.1. The van der Waals surface area contributed by atoms with Crippen molar-refractivity contribution >= 4 is 67.8 Å². The Bertz CT molecular complexity index is 1620. The lowest BCUT2D eigenvalue weighted by atomic mass is 9.84. The molecule has 1 aliphatic heterocycles. The Labute approximate surface area is 266 Å². The van der Waals surface area contributed by atoms with E-state index in [1.54, 1.807) is 24.3 Å². The smallest absolute Gasteiger partial charge is 0.418 e. The third-order valence-corrected chi connectivity index (χ3v) is 8.33. The Hall–Kier alpha value is -4.04. The van der Waals surface area contributed by atoms with Gasteiger partial charge in [0.05, 0.1) is 11.6 Å². The molecule has 0 radical (unpaired) electrons. The number of nitrogens with zero attached hydrogens (tertiary/aromatic N) is 4. The molecular formula is C25H30ClN7O10S2. The van der Waals surface area contributed by atoms with Crippen molar-refractivity contribution < 1.29 is 46.3 Å². The molecule has 1 aromatic carbocycles. The fourth-order valence-electron chi connectivity index (χ4n) is 4.54. The number of carbonyl (C=O) groups excluding carboxylic acids is 2. The number of ether oxygens (including phenoxy) is 1. The van der Waals surface area contributed by atoms with Gasteiger partial charge in [-0.1, -0.05) is 40.9 Å². The number of thiazole rings is 1. The van der Waals surface area contributed by atoms with E-state index in [0.29, 0.717) is 22.2 Å². The number of amides is 2. The van der Waals surface area contributed by atoms with E-state index in [0.717, 1.165) is 37.0 Å². The number of benzene rings is 1. The maximum absolute atomic E-state index is 13.3. The molecule has 2 amide bonds. The fourth-order valence-corrected chi connectivity index (χ4v) is 5.92. The highest BCUT2D eigenvalue weighted by molar-refractivity contribution is 7.80. The van der Waals surface area contributed by atoms with E-state index in [9.17, 15) is 27.9 Å². The van der Waals surface area contributed by atoms with Crippen LogP contribution in [0.3, 0.4) is 0 Å². The maximum Gasteiger partial charge on any atom is 0.418 e. The number of halogens is 1. The summed E-state index contributed by atoms with van der Waals surface area (Å²) in [6.45, 7) is 2.14. The first-order valence-corrected chi connectivity index (χ1v) is 15.9. The molecule has 0 unspecified atom stereocenters. The molecule has 0 spiro atoms. The predicted molar refractivity (Wildman–Crippen MR) is 161 cm³/mol. The average molecular weight is 688 g/mol. The van der Waals surface area contributed by atoms with Crippen LogP contribution in [0.25, 0.3) is 0 Å². The Morgan fingerprint density at radius 3 is 2.44 bits per heavy atom. The summed E-state index contributed by atoms with van der Waals surface area (Å²) in [5, 5.41) is 16.0. The third-order valence-electron chi connectivity index (χ3n) is 6.91. The first-order valence-electron chi connectivity index (χ1n) is 13.3. The summed E-state index contributed by atoms with van der Waals surface area (Å²) in [6, 6.07) is 5.35. The number of carboxylic acids is 1. The zero-order valence-corrected chi connectivity index (χ0v) is 26.3. The summed E-state index contributed by atoms with van der Waals surface area (Å²) >= 11 is 6.95. The van der Waals surface area contributed by atoms with Gasteiger partial charge in [0.15, 0.2) is 10.8 Å². The minimum atomic E-state index is -5.03. The van der Waals surface area contributed by atoms with E-state index >= 15 is 0 Å². The highest BCUT2D eigenvalue weighted by atomic mass is 35.5. The Balaban J connectivity index is 1.47. The Kier molecular flexibility index (Phi) is 10.2. The summed E-state index contributed by atoms with van der Waals surface area (Å²) in [7, 11) is -5.03. The van der Waals surface area contributed by atoms with Crippen LogP contribution in [0.2, 0.25) is 4.34 Å². The van der Waals surface area contributed by atoms with Gasteiger partial charge in [-0.25, -0.2) is 9.78 Å². The summed E-state index contributed by atoms with van der Waals surface area (Å²) in [5.74, 6) is -2.92. The maximum atomic E-state index is 13.3. The van der Waals surface area contributed by atoms with E-state index in [2.05, 4.69) is 24.7 Å². The molecule has 1 aromatic heterocycles. The SMILES string of the molecule is CC1(C)[C@H](NC(=O)/C(=N\O[C@@H](COc2ccc(C(N)=NC3CCCC3)cc2)C(=O)O)c2nc(N)sc2Cl)C(=O)N1OS(=O)(=O)O. The van der Waals surface area contributed by atoms with Crippen molar-refractivity contribution in [2.75, 3.05) is 12.3 Å². The minimum absolute atomic E-state index is 0.0567. The third kappa shape index (κ3) is 8.17. The van der Waals surface area contributed by atoms with Crippen molar-refractivity contribution in [3.8, 4) is 5.75 Å². The number of aromatic nitrogens is 1. The molecule has 1 saturated heterocycles. The first-order chi connectivity index (χ1) is 21.1. The predicted octanol–water partition coefficient (Wildman–Crippen LogP) is 1.12. The van der Waals surface area contributed by atoms with Gasteiger partial charge in [-0.15, -0.1) is 4.28 Å². The molecule has 2 aromatic rings. The second kappa shape index (κ2) is 13.5. The molecule has 4 rings (SSSR count). The number of hydrogen-bond acceptors (Lipinski definition) is 13. The van der Waals surface area contributed by atoms with Crippen molar-refractivity contribution in [1.82, 2.24) is 15.4 Å². The van der Waals surface area contributed by atoms with Crippen LogP contribution < -0.4 is 21.5 Å². The van der Waals surface area contributed by atoms with Gasteiger partial charge in [-0.05, 0) is 51.0 Å². The molecule has 2 heterocycles. The minimum Gasteiger partial charge on any atom is -0.489 e. The number of β-lactam (4-membered cyclic amide) rings is 1. The van der Waals surface area contributed by atoms with Gasteiger partial charge in [0.1, 0.15) is 34.3 Å². The number of hydroxylamine groups is 2. The number of anilines is 1. The largest absolute Gasteiger partial charge is 0.489 e. The number of carbonyl (C=O) groups is 3. The van der Waals surface area contributed by atoms with Gasteiger partial charge in [-0.2, -0.15) is 13.5 Å². The molecule has 0 bridgehead atoms. The van der Waals surface area contributed by atoms with E-state index in [-0.39, 0.29) is 21.2 Å². The van der Waals surface area contributed by atoms with Crippen LogP contribution in [0.5, 0.6) is 5.75 Å². The number of nitrogen functional groups attached to an aromatic ring is 1. The first kappa shape index (κ1) is 33.8. The highest BCUT2D eigenvalue weighted by Crippen LogP contribution is 2.33. The monoisotopic (exact) mass is 687 g/mol. The number of carboxylic acid groups (broad SMARTS) is 1. The zero-order valence-electron chi connectivity index (χ0n) is 23.9. The molecule has 17 nitrogen and oxygen atoms in total. The summed E-state index contributed by atoms with van der Waals surface area (Å²) in [5.41, 5.74) is 10.1. The number of oxime groups is 1. The van der Waals surface area contributed by atoms with Crippen LogP contribution in [-0.2, 0) is 33.9 Å². The Morgan fingerprint density at radius 2 is 1.91 bits per heavy atom. The second-order valence-corrected chi connectivity index (χ2v) is 13.2. The lowest BCUT2D eigenvalue weighted by molar-refractivity contribution is -0.218. The van der Waals surface area contributed by atoms with Crippen LogP contribution in [0.1, 0.15) is 50.8 Å². The quantitative estimate of drug-likeness (QED) is 0.0651. The normalized spacial score (nSPS) is 19.6. The van der Waals surface area contributed by atoms with Gasteiger partial charge in [0, 0.05) is 5.56 Å². The summed E-state index contributed by atoms with van der Waals surface area (Å²) in [4.78, 5) is 51.3. The summed E-state index contributed by atoms with van der Waals surface area (Å²) in [6.07, 6.45) is 2.50. The molecule has 244 valence electrons. The number of hydrogen-bond donors (Lipinski definition) is 5. The van der Waals surface area contributed by atoms with E-state index in [1.807, 2.05) is 0 Å². The number of rotatable bonds is 13. The van der Waals surface area contributed by atoms with Gasteiger partial charge < -0.3 is 31.5 Å². The van der Waals surface area contributed by atoms with Crippen molar-refractivity contribution in [1.29, 1.82) is 0 Å². The fraction of sp³-hybridized carbons (Fsp3) is 0.440. The van der Waals surface area contributed by atoms with Crippen LogP contribution in [0, 0.1) is 0 Å². The van der Waals surface area contributed by atoms with Crippen molar-refractivity contribution in [2.24, 2.45) is 15.9 Å². The molecule has 20 heteroatoms. The second-order valence-electron chi connectivity index (χ2n) is 10.5. The molecular weight excluding hydrogens is 658 g/mol. The topological polar surface area (TPSA) is 258 Å². The van der Waals surface area contributed by atoms with Gasteiger partial charge >= 0.3 is 16.4 Å². The molecule has 45 heavy (non-hydrogen) atoms. The lowest BCUT2D eigenvalue weighted by Crippen LogP contribution is -2.76. The van der Waals surface area contributed by atoms with E-state index in [4.69, 9.17) is 37.2 Å². The molecule has 7 N–H and O–H groups in total. The lowest BCUT2D eigenvalue weighted by Gasteiger charge is -2.50. The summed E-state index contributed by atoms with van der Waals surface area (Å²) < 4.78 is 40.8. The number of nitrogens with two attached hydrogens (primary N) is 2. The molecule has 2 atom stereocenters. The molecule has 2 fully saturated rings. The number of aliphatic carboxylic acids is 1. The van der Waals surface area contributed by atoms with Gasteiger partial charge in [-0.3, -0.25) is 19.1 Å². The standard InChI is InChI=1S/C25H30ClN7O10S2/c1-25(2)18(22(35)33(25)43-45(38,39)40)31-21(34)17(16-19(26)44-24(28)30-16)32-42-15(23(36)37)11-41-14-9-7-12(8-10-14)20(27)29-13-5-3-4-6-13/h7-10,13,15,18H,3-6,11H2,1-2H3,(H2,27,29)(H2,28,30)(H,31,34)(H,36,37)(H,38,39,40)/b32-17-/t15-,18+/m0/s1. The van der Waals surface area contributed by atoms with E-state index < -0.39 is 58.2 Å². The van der Waals surface area contributed by atoms with Crippen LogP contribution in [0.15, 0.2) is 34.4 Å².